The standard InChI is InChI=1S/C13H17FO4S2/c1-19(15,16)10-5-4-6-11(9-10)20(17,18)13-8-3-2-7-12(13)14/h2-3,7-8,10-11H,4-6,9H2,1H3. The SMILES string of the molecule is CS(=O)(=O)C1CCCC(S(=O)(=O)c2ccccc2F)C1. The summed E-state index contributed by atoms with van der Waals surface area (Å²) >= 11 is 0. The van der Waals surface area contributed by atoms with Crippen molar-refractivity contribution in [3.05, 3.63) is 30.1 Å². The fourth-order valence-corrected chi connectivity index (χ4v) is 5.86. The molecule has 0 spiro atoms. The first-order chi connectivity index (χ1) is 9.23. The molecule has 0 bridgehead atoms. The van der Waals surface area contributed by atoms with Crippen molar-refractivity contribution < 1.29 is 21.2 Å². The minimum atomic E-state index is -3.83. The largest absolute Gasteiger partial charge is 0.229 e. The Morgan fingerprint density at radius 3 is 2.25 bits per heavy atom. The average molecular weight is 320 g/mol. The van der Waals surface area contributed by atoms with Crippen LogP contribution in [0, 0.1) is 5.82 Å². The van der Waals surface area contributed by atoms with E-state index in [9.17, 15) is 21.2 Å². The van der Waals surface area contributed by atoms with E-state index < -0.39 is 36.0 Å². The minimum Gasteiger partial charge on any atom is -0.229 e. The summed E-state index contributed by atoms with van der Waals surface area (Å²) in [6.45, 7) is 0. The smallest absolute Gasteiger partial charge is 0.184 e. The molecule has 0 amide bonds. The van der Waals surface area contributed by atoms with Gasteiger partial charge in [0.15, 0.2) is 9.84 Å². The molecule has 0 heterocycles. The molecule has 7 heteroatoms. The Kier molecular flexibility index (Phi) is 4.20. The highest BCUT2D eigenvalue weighted by atomic mass is 32.2. The summed E-state index contributed by atoms with van der Waals surface area (Å²) in [5.74, 6) is -0.783. The molecule has 1 aromatic rings. The molecule has 0 N–H and O–H groups in total. The molecule has 0 radical (unpaired) electrons. The van der Waals surface area contributed by atoms with Crippen molar-refractivity contribution in [1.82, 2.24) is 0 Å². The number of sulfone groups is 2. The van der Waals surface area contributed by atoms with Crippen LogP contribution in [0.5, 0.6) is 0 Å². The first-order valence-corrected chi connectivity index (χ1v) is 9.90. The van der Waals surface area contributed by atoms with E-state index in [1.165, 1.54) is 18.2 Å². The van der Waals surface area contributed by atoms with Gasteiger partial charge in [0, 0.05) is 6.26 Å². The summed E-state index contributed by atoms with van der Waals surface area (Å²) in [5.41, 5.74) is 0. The molecule has 1 fully saturated rings. The molecular formula is C13H17FO4S2. The van der Waals surface area contributed by atoms with Crippen LogP contribution in [-0.4, -0.2) is 33.6 Å². The van der Waals surface area contributed by atoms with Gasteiger partial charge in [-0.3, -0.25) is 0 Å². The zero-order valence-electron chi connectivity index (χ0n) is 11.1. The van der Waals surface area contributed by atoms with Gasteiger partial charge in [-0.05, 0) is 31.4 Å². The molecule has 1 aromatic carbocycles. The van der Waals surface area contributed by atoms with Gasteiger partial charge in [-0.15, -0.1) is 0 Å². The topological polar surface area (TPSA) is 68.3 Å². The normalized spacial score (nSPS) is 24.5. The highest BCUT2D eigenvalue weighted by molar-refractivity contribution is 7.92. The number of hydrogen-bond acceptors (Lipinski definition) is 4. The van der Waals surface area contributed by atoms with Crippen LogP contribution in [0.2, 0.25) is 0 Å². The van der Waals surface area contributed by atoms with E-state index in [0.29, 0.717) is 19.3 Å². The lowest BCUT2D eigenvalue weighted by Crippen LogP contribution is -2.35. The summed E-state index contributed by atoms with van der Waals surface area (Å²) in [7, 11) is -7.09. The third kappa shape index (κ3) is 3.03. The van der Waals surface area contributed by atoms with Gasteiger partial charge in [0.2, 0.25) is 0 Å². The lowest BCUT2D eigenvalue weighted by atomic mass is 10.00. The maximum absolute atomic E-state index is 13.7. The first-order valence-electron chi connectivity index (χ1n) is 6.40. The van der Waals surface area contributed by atoms with Gasteiger partial charge in [0.1, 0.15) is 20.5 Å². The second kappa shape index (κ2) is 5.44. The molecule has 1 saturated carbocycles. The Morgan fingerprint density at radius 2 is 1.65 bits per heavy atom. The van der Waals surface area contributed by atoms with Crippen molar-refractivity contribution in [2.24, 2.45) is 0 Å². The van der Waals surface area contributed by atoms with Crippen molar-refractivity contribution in [3.63, 3.8) is 0 Å². The number of benzene rings is 1. The summed E-state index contributed by atoms with van der Waals surface area (Å²) in [6, 6.07) is 5.22. The van der Waals surface area contributed by atoms with E-state index in [4.69, 9.17) is 0 Å². The Balaban J connectivity index is 2.33. The molecule has 2 atom stereocenters. The molecule has 20 heavy (non-hydrogen) atoms. The second-order valence-electron chi connectivity index (χ2n) is 5.22. The fraction of sp³-hybridized carbons (Fsp3) is 0.538. The molecule has 0 saturated heterocycles. The van der Waals surface area contributed by atoms with Crippen LogP contribution in [0.1, 0.15) is 25.7 Å². The van der Waals surface area contributed by atoms with Crippen molar-refractivity contribution in [3.8, 4) is 0 Å². The van der Waals surface area contributed by atoms with E-state index in [1.807, 2.05) is 0 Å². The molecule has 1 aliphatic rings. The Labute approximate surface area is 118 Å². The Morgan fingerprint density at radius 1 is 1.05 bits per heavy atom. The molecule has 112 valence electrons. The number of rotatable bonds is 3. The fourth-order valence-electron chi connectivity index (χ4n) is 2.63. The third-order valence-electron chi connectivity index (χ3n) is 3.77. The van der Waals surface area contributed by atoms with Crippen molar-refractivity contribution in [2.45, 2.75) is 41.1 Å². The number of hydrogen-bond donors (Lipinski definition) is 0. The molecular weight excluding hydrogens is 303 g/mol. The highest BCUT2D eigenvalue weighted by Gasteiger charge is 2.37. The third-order valence-corrected chi connectivity index (χ3v) is 7.65. The molecule has 1 aliphatic carbocycles. The molecule has 0 aliphatic heterocycles. The van der Waals surface area contributed by atoms with Crippen molar-refractivity contribution in [1.29, 1.82) is 0 Å². The predicted molar refractivity (Wildman–Crippen MR) is 74.5 cm³/mol. The van der Waals surface area contributed by atoms with Gasteiger partial charge in [-0.25, -0.2) is 21.2 Å². The second-order valence-corrected chi connectivity index (χ2v) is 9.74. The van der Waals surface area contributed by atoms with Gasteiger partial charge >= 0.3 is 0 Å². The maximum Gasteiger partial charge on any atom is 0.184 e. The van der Waals surface area contributed by atoms with Crippen molar-refractivity contribution >= 4 is 19.7 Å². The Bertz CT molecular complexity index is 695. The molecule has 0 aromatic heterocycles. The molecule has 2 unspecified atom stereocenters. The van der Waals surface area contributed by atoms with E-state index in [-0.39, 0.29) is 11.3 Å². The van der Waals surface area contributed by atoms with Crippen LogP contribution in [0.3, 0.4) is 0 Å². The van der Waals surface area contributed by atoms with Crippen LogP contribution >= 0.6 is 0 Å². The molecule has 2 rings (SSSR count). The first kappa shape index (κ1) is 15.4. The van der Waals surface area contributed by atoms with Gasteiger partial charge in [-0.2, -0.15) is 0 Å². The van der Waals surface area contributed by atoms with Crippen LogP contribution in [-0.2, 0) is 19.7 Å². The van der Waals surface area contributed by atoms with Crippen LogP contribution < -0.4 is 0 Å². The van der Waals surface area contributed by atoms with E-state index in [0.717, 1.165) is 12.3 Å². The summed E-state index contributed by atoms with van der Waals surface area (Å²) < 4.78 is 61.8. The quantitative estimate of drug-likeness (QED) is 0.854. The minimum absolute atomic E-state index is 0.0511. The van der Waals surface area contributed by atoms with E-state index in [1.54, 1.807) is 0 Å². The van der Waals surface area contributed by atoms with Crippen LogP contribution in [0.25, 0.3) is 0 Å². The lowest BCUT2D eigenvalue weighted by Gasteiger charge is -2.27. The monoisotopic (exact) mass is 320 g/mol. The van der Waals surface area contributed by atoms with Crippen LogP contribution in [0.15, 0.2) is 29.2 Å². The van der Waals surface area contributed by atoms with Crippen LogP contribution in [0.4, 0.5) is 4.39 Å². The summed E-state index contributed by atoms with van der Waals surface area (Å²) in [4.78, 5) is -0.334. The lowest BCUT2D eigenvalue weighted by molar-refractivity contribution is 0.470. The van der Waals surface area contributed by atoms with E-state index >= 15 is 0 Å². The van der Waals surface area contributed by atoms with Gasteiger partial charge < -0.3 is 0 Å². The molecule has 4 nitrogen and oxygen atoms in total. The van der Waals surface area contributed by atoms with Gasteiger partial charge in [0.05, 0.1) is 10.5 Å². The zero-order chi connectivity index (χ0) is 15.0. The van der Waals surface area contributed by atoms with Crippen molar-refractivity contribution in [2.75, 3.05) is 6.26 Å². The zero-order valence-corrected chi connectivity index (χ0v) is 12.8. The maximum atomic E-state index is 13.7. The average Bonchev–Trinajstić information content (AvgIpc) is 2.38. The number of halogens is 1. The van der Waals surface area contributed by atoms with E-state index in [2.05, 4.69) is 0 Å². The summed E-state index contributed by atoms with van der Waals surface area (Å²) in [6.07, 6.45) is 2.55. The Hall–Kier alpha value is -0.950. The van der Waals surface area contributed by atoms with Gasteiger partial charge in [0.25, 0.3) is 0 Å². The predicted octanol–water partition coefficient (Wildman–Crippen LogP) is 1.96. The summed E-state index contributed by atoms with van der Waals surface area (Å²) in [5, 5.41) is -1.48. The highest BCUT2D eigenvalue weighted by Crippen LogP contribution is 2.32. The van der Waals surface area contributed by atoms with Gasteiger partial charge in [-0.1, -0.05) is 18.6 Å².